The third-order valence-electron chi connectivity index (χ3n) is 4.55. The smallest absolute Gasteiger partial charge is 0.264 e. The van der Waals surface area contributed by atoms with Gasteiger partial charge in [0.25, 0.3) is 5.91 Å². The first-order chi connectivity index (χ1) is 13.5. The molecule has 2 heterocycles. The highest BCUT2D eigenvalue weighted by atomic mass is 32.2. The van der Waals surface area contributed by atoms with E-state index in [1.807, 2.05) is 29.3 Å². The van der Waals surface area contributed by atoms with Gasteiger partial charge in [-0.1, -0.05) is 18.2 Å². The number of hydrogen-bond acceptors (Lipinski definition) is 6. The van der Waals surface area contributed by atoms with Crippen LogP contribution in [0.15, 0.2) is 46.7 Å². The number of ether oxygens (including phenoxy) is 1. The molecule has 1 fully saturated rings. The zero-order chi connectivity index (χ0) is 20.0. The average Bonchev–Trinajstić information content (AvgIpc) is 3.23. The molecule has 2 aromatic rings. The van der Waals surface area contributed by atoms with E-state index in [1.165, 1.54) is 11.3 Å². The van der Waals surface area contributed by atoms with E-state index in [0.29, 0.717) is 38.5 Å². The Morgan fingerprint density at radius 3 is 2.57 bits per heavy atom. The maximum atomic E-state index is 12.6. The van der Waals surface area contributed by atoms with Crippen LogP contribution >= 0.6 is 11.3 Å². The van der Waals surface area contributed by atoms with E-state index in [4.69, 9.17) is 4.74 Å². The summed E-state index contributed by atoms with van der Waals surface area (Å²) in [6.45, 7) is 5.88. The van der Waals surface area contributed by atoms with Crippen LogP contribution in [0.5, 0.6) is 5.75 Å². The Kier molecular flexibility index (Phi) is 7.06. The number of amides is 1. The molecular weight excluding hydrogens is 398 g/mol. The van der Waals surface area contributed by atoms with Crippen molar-refractivity contribution >= 4 is 27.3 Å². The predicted octanol–water partition coefficient (Wildman–Crippen LogP) is 1.88. The fourth-order valence-corrected chi connectivity index (χ4v) is 4.95. The highest BCUT2D eigenvalue weighted by Crippen LogP contribution is 2.23. The van der Waals surface area contributed by atoms with Gasteiger partial charge in [0, 0.05) is 39.3 Å². The summed E-state index contributed by atoms with van der Waals surface area (Å²) in [5.41, 5.74) is 0. The maximum Gasteiger partial charge on any atom is 0.264 e. The van der Waals surface area contributed by atoms with Crippen LogP contribution in [0.2, 0.25) is 0 Å². The fraction of sp³-hybridized carbons (Fsp3) is 0.421. The summed E-state index contributed by atoms with van der Waals surface area (Å²) in [6.07, 6.45) is 0. The van der Waals surface area contributed by atoms with Gasteiger partial charge in [-0.05, 0) is 30.5 Å². The van der Waals surface area contributed by atoms with E-state index < -0.39 is 10.0 Å². The second-order valence-electron chi connectivity index (χ2n) is 6.39. The number of hydrogen-bond donors (Lipinski definition) is 1. The van der Waals surface area contributed by atoms with Crippen LogP contribution < -0.4 is 9.46 Å². The molecule has 0 saturated carbocycles. The minimum atomic E-state index is -3.63. The molecule has 0 atom stereocenters. The number of para-hydroxylation sites is 1. The topological polar surface area (TPSA) is 79.0 Å². The number of carbonyl (C=O) groups excluding carboxylic acids is 1. The van der Waals surface area contributed by atoms with Gasteiger partial charge in [0.05, 0.1) is 11.5 Å². The van der Waals surface area contributed by atoms with Crippen molar-refractivity contribution in [2.24, 2.45) is 0 Å². The molecule has 1 aromatic heterocycles. The Balaban J connectivity index is 1.48. The van der Waals surface area contributed by atoms with Crippen LogP contribution in [0.1, 0.15) is 16.6 Å². The highest BCUT2D eigenvalue weighted by Gasteiger charge is 2.23. The molecule has 1 aliphatic rings. The van der Waals surface area contributed by atoms with Gasteiger partial charge in [-0.2, -0.15) is 0 Å². The van der Waals surface area contributed by atoms with Crippen molar-refractivity contribution in [2.45, 2.75) is 11.8 Å². The molecule has 1 N–H and O–H groups in total. The highest BCUT2D eigenvalue weighted by molar-refractivity contribution is 7.89. The molecule has 0 radical (unpaired) electrons. The Bertz CT molecular complexity index is 876. The fourth-order valence-electron chi connectivity index (χ4n) is 3.09. The molecule has 0 aliphatic carbocycles. The number of piperazine rings is 1. The third-order valence-corrected chi connectivity index (χ3v) is 6.91. The zero-order valence-electron chi connectivity index (χ0n) is 15.8. The normalized spacial score (nSPS) is 15.5. The number of nitrogens with one attached hydrogen (secondary N) is 1. The SMILES string of the molecule is CCOc1ccccc1S(=O)(=O)NCCN1CCN(C(=O)c2cccs2)CC1. The van der Waals surface area contributed by atoms with Crippen LogP contribution in [0.3, 0.4) is 0 Å². The molecule has 0 unspecified atom stereocenters. The van der Waals surface area contributed by atoms with Crippen LogP contribution in [-0.4, -0.2) is 70.0 Å². The van der Waals surface area contributed by atoms with Gasteiger partial charge in [-0.25, -0.2) is 13.1 Å². The van der Waals surface area contributed by atoms with E-state index in [2.05, 4.69) is 9.62 Å². The molecule has 0 spiro atoms. The van der Waals surface area contributed by atoms with E-state index in [1.54, 1.807) is 24.3 Å². The van der Waals surface area contributed by atoms with Crippen molar-refractivity contribution in [3.63, 3.8) is 0 Å². The van der Waals surface area contributed by atoms with Gasteiger partial charge in [0.15, 0.2) is 0 Å². The Hall–Kier alpha value is -1.94. The van der Waals surface area contributed by atoms with E-state index >= 15 is 0 Å². The lowest BCUT2D eigenvalue weighted by Gasteiger charge is -2.34. The lowest BCUT2D eigenvalue weighted by atomic mass is 10.3. The first-order valence-electron chi connectivity index (χ1n) is 9.28. The summed E-state index contributed by atoms with van der Waals surface area (Å²) < 4.78 is 33.2. The average molecular weight is 424 g/mol. The van der Waals surface area contributed by atoms with E-state index in [9.17, 15) is 13.2 Å². The van der Waals surface area contributed by atoms with Gasteiger partial charge >= 0.3 is 0 Å². The second kappa shape index (κ2) is 9.51. The summed E-state index contributed by atoms with van der Waals surface area (Å²) in [4.78, 5) is 17.3. The lowest BCUT2D eigenvalue weighted by molar-refractivity contribution is 0.0645. The van der Waals surface area contributed by atoms with Gasteiger partial charge in [-0.15, -0.1) is 11.3 Å². The Labute approximate surface area is 170 Å². The molecular formula is C19H25N3O4S2. The molecule has 152 valence electrons. The number of benzene rings is 1. The quantitative estimate of drug-likeness (QED) is 0.701. The minimum Gasteiger partial charge on any atom is -0.492 e. The van der Waals surface area contributed by atoms with Crippen molar-refractivity contribution in [2.75, 3.05) is 45.9 Å². The molecule has 9 heteroatoms. The van der Waals surface area contributed by atoms with Crippen molar-refractivity contribution in [1.29, 1.82) is 0 Å². The first kappa shape index (κ1) is 20.8. The van der Waals surface area contributed by atoms with Crippen molar-refractivity contribution in [3.05, 3.63) is 46.7 Å². The molecule has 28 heavy (non-hydrogen) atoms. The summed E-state index contributed by atoms with van der Waals surface area (Å²) in [5, 5.41) is 1.90. The number of rotatable bonds is 8. The van der Waals surface area contributed by atoms with Crippen molar-refractivity contribution in [1.82, 2.24) is 14.5 Å². The Morgan fingerprint density at radius 2 is 1.89 bits per heavy atom. The van der Waals surface area contributed by atoms with Crippen molar-refractivity contribution < 1.29 is 17.9 Å². The number of sulfonamides is 1. The van der Waals surface area contributed by atoms with Crippen LogP contribution in [0, 0.1) is 0 Å². The second-order valence-corrected chi connectivity index (χ2v) is 9.07. The van der Waals surface area contributed by atoms with E-state index in [0.717, 1.165) is 18.0 Å². The standard InChI is InChI=1S/C19H25N3O4S2/c1-2-26-16-6-3-4-8-18(16)28(24,25)20-9-10-21-11-13-22(14-12-21)19(23)17-7-5-15-27-17/h3-8,15,20H,2,9-14H2,1H3. The van der Waals surface area contributed by atoms with Crippen molar-refractivity contribution in [3.8, 4) is 5.75 Å². The van der Waals surface area contributed by atoms with Gasteiger partial charge < -0.3 is 9.64 Å². The monoisotopic (exact) mass is 423 g/mol. The minimum absolute atomic E-state index is 0.0721. The number of thiophene rings is 1. The molecule has 1 aromatic carbocycles. The van der Waals surface area contributed by atoms with Gasteiger partial charge in [-0.3, -0.25) is 9.69 Å². The third kappa shape index (κ3) is 5.11. The number of carbonyl (C=O) groups is 1. The molecule has 0 bridgehead atoms. The predicted molar refractivity (Wildman–Crippen MR) is 109 cm³/mol. The zero-order valence-corrected chi connectivity index (χ0v) is 17.5. The van der Waals surface area contributed by atoms with Crippen LogP contribution in [0.4, 0.5) is 0 Å². The van der Waals surface area contributed by atoms with E-state index in [-0.39, 0.29) is 10.8 Å². The molecule has 1 aliphatic heterocycles. The summed E-state index contributed by atoms with van der Waals surface area (Å²) >= 11 is 1.45. The molecule has 7 nitrogen and oxygen atoms in total. The largest absolute Gasteiger partial charge is 0.492 e. The first-order valence-corrected chi connectivity index (χ1v) is 11.6. The van der Waals surface area contributed by atoms with Gasteiger partial charge in [0.2, 0.25) is 10.0 Å². The maximum absolute atomic E-state index is 12.6. The summed E-state index contributed by atoms with van der Waals surface area (Å²) in [6, 6.07) is 10.4. The molecule has 1 amide bonds. The summed E-state index contributed by atoms with van der Waals surface area (Å²) in [7, 11) is -3.63. The summed E-state index contributed by atoms with van der Waals surface area (Å²) in [5.74, 6) is 0.432. The Morgan fingerprint density at radius 1 is 1.14 bits per heavy atom. The lowest BCUT2D eigenvalue weighted by Crippen LogP contribution is -2.50. The molecule has 3 rings (SSSR count). The number of nitrogens with zero attached hydrogens (tertiary/aromatic N) is 2. The van der Waals surface area contributed by atoms with Crippen LogP contribution in [-0.2, 0) is 10.0 Å². The van der Waals surface area contributed by atoms with Gasteiger partial charge in [0.1, 0.15) is 10.6 Å². The van der Waals surface area contributed by atoms with Crippen LogP contribution in [0.25, 0.3) is 0 Å². The molecule has 1 saturated heterocycles.